The Morgan fingerprint density at radius 3 is 2.41 bits per heavy atom. The maximum atomic E-state index is 12.8. The molecule has 0 fully saturated rings. The van der Waals surface area contributed by atoms with Crippen molar-refractivity contribution in [3.63, 3.8) is 0 Å². The summed E-state index contributed by atoms with van der Waals surface area (Å²) in [6, 6.07) is 3.84. The normalized spacial score (nSPS) is 13.5. The lowest BCUT2D eigenvalue weighted by Gasteiger charge is -2.17. The summed E-state index contributed by atoms with van der Waals surface area (Å²) in [4.78, 5) is 10.5. The van der Waals surface area contributed by atoms with Gasteiger partial charge < -0.3 is 0 Å². The fourth-order valence-corrected chi connectivity index (χ4v) is 2.53. The predicted octanol–water partition coefficient (Wildman–Crippen LogP) is 4.63. The smallest absolute Gasteiger partial charge is 0.298 e. The van der Waals surface area contributed by atoms with Crippen molar-refractivity contribution in [2.45, 2.75) is 23.3 Å². The highest BCUT2D eigenvalue weighted by molar-refractivity contribution is 9.09. The van der Waals surface area contributed by atoms with Crippen LogP contribution in [-0.2, 0) is 16.3 Å². The summed E-state index contributed by atoms with van der Waals surface area (Å²) in [6.07, 6.45) is -4.41. The van der Waals surface area contributed by atoms with E-state index in [9.17, 15) is 18.0 Å². The van der Waals surface area contributed by atoms with E-state index in [2.05, 4.69) is 31.9 Å². The van der Waals surface area contributed by atoms with Crippen molar-refractivity contribution in [2.24, 2.45) is 0 Å². The van der Waals surface area contributed by atoms with E-state index in [1.54, 1.807) is 0 Å². The van der Waals surface area contributed by atoms with Crippen LogP contribution in [0.15, 0.2) is 18.2 Å². The third-order valence-electron chi connectivity index (χ3n) is 2.28. The van der Waals surface area contributed by atoms with Crippen LogP contribution >= 0.6 is 31.9 Å². The van der Waals surface area contributed by atoms with Crippen LogP contribution in [0, 0.1) is 0 Å². The van der Waals surface area contributed by atoms with E-state index in [0.29, 0.717) is 5.56 Å². The lowest BCUT2D eigenvalue weighted by Crippen LogP contribution is -2.12. The number of benzene rings is 1. The first-order chi connectivity index (χ1) is 7.79. The summed E-state index contributed by atoms with van der Waals surface area (Å²) in [6.45, 7) is 1.33. The van der Waals surface area contributed by atoms with Crippen LogP contribution in [0.1, 0.15) is 28.4 Å². The summed E-state index contributed by atoms with van der Waals surface area (Å²) in [5.74, 6) is -0.230. The monoisotopic (exact) mass is 372 g/mol. The van der Waals surface area contributed by atoms with Gasteiger partial charge in [-0.05, 0) is 24.1 Å². The average molecular weight is 374 g/mol. The Balaban J connectivity index is 3.39. The average Bonchev–Trinajstić information content (AvgIpc) is 2.25. The zero-order valence-corrected chi connectivity index (χ0v) is 12.0. The van der Waals surface area contributed by atoms with Gasteiger partial charge in [0, 0.05) is 5.33 Å². The minimum atomic E-state index is -4.41. The quantitative estimate of drug-likeness (QED) is 0.706. The van der Waals surface area contributed by atoms with Crippen LogP contribution in [0.4, 0.5) is 13.2 Å². The van der Waals surface area contributed by atoms with Crippen LogP contribution in [0.2, 0.25) is 0 Å². The van der Waals surface area contributed by atoms with Crippen LogP contribution in [0.3, 0.4) is 0 Å². The Morgan fingerprint density at radius 2 is 2.00 bits per heavy atom. The Hall–Kier alpha value is -0.360. The van der Waals surface area contributed by atoms with E-state index in [0.717, 1.165) is 6.07 Å². The topological polar surface area (TPSA) is 17.1 Å². The van der Waals surface area contributed by atoms with Gasteiger partial charge in [0.15, 0.2) is 0 Å². The number of rotatable bonds is 3. The summed E-state index contributed by atoms with van der Waals surface area (Å²) in [5.41, 5.74) is -0.265. The molecule has 1 unspecified atom stereocenters. The van der Waals surface area contributed by atoms with Gasteiger partial charge in [-0.3, -0.25) is 4.79 Å². The minimum Gasteiger partial charge on any atom is -0.298 e. The van der Waals surface area contributed by atoms with Crippen molar-refractivity contribution in [1.29, 1.82) is 0 Å². The van der Waals surface area contributed by atoms with Crippen LogP contribution < -0.4 is 0 Å². The Labute approximate surface area is 114 Å². The summed E-state index contributed by atoms with van der Waals surface area (Å²) in [7, 11) is 0. The Morgan fingerprint density at radius 1 is 1.41 bits per heavy atom. The fourth-order valence-electron chi connectivity index (χ4n) is 1.48. The van der Waals surface area contributed by atoms with E-state index in [4.69, 9.17) is 0 Å². The van der Waals surface area contributed by atoms with E-state index in [1.807, 2.05) is 0 Å². The summed E-state index contributed by atoms with van der Waals surface area (Å²) >= 11 is 6.14. The van der Waals surface area contributed by atoms with Crippen molar-refractivity contribution in [1.82, 2.24) is 0 Å². The first kappa shape index (κ1) is 14.7. The number of carbonyl (C=O) groups excluding carboxylic acids is 1. The fraction of sp³-hybridized carbons (Fsp3) is 0.364. The molecule has 0 N–H and O–H groups in total. The van der Waals surface area contributed by atoms with Crippen molar-refractivity contribution in [2.75, 3.05) is 0 Å². The van der Waals surface area contributed by atoms with Gasteiger partial charge in [-0.2, -0.15) is 13.2 Å². The zero-order valence-electron chi connectivity index (χ0n) is 8.81. The van der Waals surface area contributed by atoms with E-state index >= 15 is 0 Å². The van der Waals surface area contributed by atoms with Crippen LogP contribution in [-0.4, -0.2) is 5.78 Å². The van der Waals surface area contributed by atoms with Gasteiger partial charge in [-0.25, -0.2) is 0 Å². The van der Waals surface area contributed by atoms with Gasteiger partial charge in [0.2, 0.25) is 0 Å². The minimum absolute atomic E-state index is 0.0490. The largest absolute Gasteiger partial charge is 0.416 e. The Kier molecular flexibility index (Phi) is 4.77. The number of hydrogen-bond acceptors (Lipinski definition) is 1. The lowest BCUT2D eigenvalue weighted by molar-refractivity contribution is -0.138. The molecule has 94 valence electrons. The van der Waals surface area contributed by atoms with Crippen molar-refractivity contribution in [3.05, 3.63) is 34.9 Å². The molecule has 6 heteroatoms. The number of alkyl halides is 5. The number of halogens is 5. The second-order valence-electron chi connectivity index (χ2n) is 3.48. The standard InChI is InChI=1S/C11H9Br2F3O/c1-6(17)10(13)7-3-2-4-9(8(7)5-12)11(14,15)16/h2-4,10H,5H2,1H3. The van der Waals surface area contributed by atoms with E-state index in [1.165, 1.54) is 19.1 Å². The van der Waals surface area contributed by atoms with Gasteiger partial charge in [0.25, 0.3) is 0 Å². The summed E-state index contributed by atoms with van der Waals surface area (Å²) in [5, 5.41) is 0.0490. The number of Topliss-reactive ketones (excluding diaryl/α,β-unsaturated/α-hetero) is 1. The molecule has 0 aliphatic heterocycles. The molecule has 1 nitrogen and oxygen atoms in total. The third-order valence-corrected chi connectivity index (χ3v) is 3.98. The van der Waals surface area contributed by atoms with Crippen LogP contribution in [0.5, 0.6) is 0 Å². The number of hydrogen-bond donors (Lipinski definition) is 0. The molecule has 0 aliphatic rings. The van der Waals surface area contributed by atoms with Crippen molar-refractivity contribution < 1.29 is 18.0 Å². The third kappa shape index (κ3) is 3.31. The molecule has 1 rings (SSSR count). The second-order valence-corrected chi connectivity index (χ2v) is 4.95. The number of carbonyl (C=O) groups is 1. The lowest BCUT2D eigenvalue weighted by atomic mass is 9.98. The highest BCUT2D eigenvalue weighted by Crippen LogP contribution is 2.38. The SMILES string of the molecule is CC(=O)C(Br)c1cccc(C(F)(F)F)c1CBr. The zero-order chi connectivity index (χ0) is 13.2. The molecule has 0 saturated heterocycles. The highest BCUT2D eigenvalue weighted by Gasteiger charge is 2.34. The molecule has 1 aromatic rings. The Bertz CT molecular complexity index is 429. The predicted molar refractivity (Wildman–Crippen MR) is 66.4 cm³/mol. The van der Waals surface area contributed by atoms with Gasteiger partial charge in [0.1, 0.15) is 5.78 Å². The molecule has 0 spiro atoms. The molecule has 0 amide bonds. The van der Waals surface area contributed by atoms with Gasteiger partial charge in [0.05, 0.1) is 10.4 Å². The van der Waals surface area contributed by atoms with Crippen molar-refractivity contribution >= 4 is 37.6 Å². The van der Waals surface area contributed by atoms with Gasteiger partial charge >= 0.3 is 6.18 Å². The van der Waals surface area contributed by atoms with E-state index in [-0.39, 0.29) is 16.7 Å². The van der Waals surface area contributed by atoms with Crippen LogP contribution in [0.25, 0.3) is 0 Å². The molecule has 0 aromatic heterocycles. The molecule has 17 heavy (non-hydrogen) atoms. The maximum absolute atomic E-state index is 12.8. The molecular formula is C11H9Br2F3O. The second kappa shape index (κ2) is 5.52. The van der Waals surface area contributed by atoms with Gasteiger partial charge in [-0.1, -0.05) is 44.0 Å². The molecule has 0 bridgehead atoms. The molecule has 1 aromatic carbocycles. The first-order valence-electron chi connectivity index (χ1n) is 4.68. The van der Waals surface area contributed by atoms with Crippen molar-refractivity contribution in [3.8, 4) is 0 Å². The van der Waals surface area contributed by atoms with Gasteiger partial charge in [-0.15, -0.1) is 0 Å². The number of ketones is 1. The molecule has 0 saturated carbocycles. The molecule has 0 aliphatic carbocycles. The molecule has 1 atom stereocenters. The molecule has 0 radical (unpaired) electrons. The molecule has 0 heterocycles. The highest BCUT2D eigenvalue weighted by atomic mass is 79.9. The maximum Gasteiger partial charge on any atom is 0.416 e. The first-order valence-corrected chi connectivity index (χ1v) is 6.72. The van der Waals surface area contributed by atoms with E-state index < -0.39 is 16.6 Å². The molecular weight excluding hydrogens is 365 g/mol. The summed E-state index contributed by atoms with van der Waals surface area (Å²) < 4.78 is 38.3.